The second-order valence-corrected chi connectivity index (χ2v) is 3.59. The van der Waals surface area contributed by atoms with Crippen LogP contribution in [0.5, 0.6) is 0 Å². The lowest BCUT2D eigenvalue weighted by Crippen LogP contribution is -2.42. The van der Waals surface area contributed by atoms with Crippen molar-refractivity contribution in [2.45, 2.75) is 32.5 Å². The summed E-state index contributed by atoms with van der Waals surface area (Å²) in [4.78, 5) is 0. The van der Waals surface area contributed by atoms with Crippen molar-refractivity contribution in [2.24, 2.45) is 5.92 Å². The molecule has 0 bridgehead atoms. The monoisotopic (exact) mass is 169 g/mol. The summed E-state index contributed by atoms with van der Waals surface area (Å²) in [5.41, 5.74) is 0. The van der Waals surface area contributed by atoms with E-state index >= 15 is 0 Å². The third-order valence-electron chi connectivity index (χ3n) is 2.48. The standard InChI is InChI=1S/C10H19NO/c1-4-9(3)12-10-7-11-6-5-8(10)2/h4,8-11H,1,5-7H2,2-3H3. The van der Waals surface area contributed by atoms with Crippen LogP contribution in [0.1, 0.15) is 20.3 Å². The summed E-state index contributed by atoms with van der Waals surface area (Å²) in [7, 11) is 0. The number of piperidine rings is 1. The molecular formula is C10H19NO. The summed E-state index contributed by atoms with van der Waals surface area (Å²) < 4.78 is 5.77. The molecule has 0 radical (unpaired) electrons. The fourth-order valence-electron chi connectivity index (χ4n) is 1.47. The lowest BCUT2D eigenvalue weighted by molar-refractivity contribution is -0.0201. The Balaban J connectivity index is 2.33. The lowest BCUT2D eigenvalue weighted by atomic mass is 9.97. The summed E-state index contributed by atoms with van der Waals surface area (Å²) >= 11 is 0. The lowest BCUT2D eigenvalue weighted by Gasteiger charge is -2.31. The first kappa shape index (κ1) is 9.75. The van der Waals surface area contributed by atoms with Crippen molar-refractivity contribution in [3.05, 3.63) is 12.7 Å². The van der Waals surface area contributed by atoms with Crippen LogP contribution in [0.2, 0.25) is 0 Å². The molecule has 12 heavy (non-hydrogen) atoms. The molecule has 3 atom stereocenters. The van der Waals surface area contributed by atoms with Gasteiger partial charge in [-0.3, -0.25) is 0 Å². The predicted molar refractivity (Wildman–Crippen MR) is 51.2 cm³/mol. The third-order valence-corrected chi connectivity index (χ3v) is 2.48. The van der Waals surface area contributed by atoms with Crippen LogP contribution in [-0.4, -0.2) is 25.3 Å². The first-order valence-electron chi connectivity index (χ1n) is 4.72. The van der Waals surface area contributed by atoms with Gasteiger partial charge in [0, 0.05) is 6.54 Å². The first-order chi connectivity index (χ1) is 5.74. The van der Waals surface area contributed by atoms with Crippen LogP contribution in [0.3, 0.4) is 0 Å². The van der Waals surface area contributed by atoms with Gasteiger partial charge in [-0.25, -0.2) is 0 Å². The molecule has 1 aliphatic heterocycles. The molecule has 0 aliphatic carbocycles. The quantitative estimate of drug-likeness (QED) is 0.648. The molecule has 0 spiro atoms. The predicted octanol–water partition coefficient (Wildman–Crippen LogP) is 1.58. The third kappa shape index (κ3) is 2.61. The van der Waals surface area contributed by atoms with E-state index < -0.39 is 0 Å². The van der Waals surface area contributed by atoms with E-state index in [-0.39, 0.29) is 6.10 Å². The molecule has 1 rings (SSSR count). The van der Waals surface area contributed by atoms with Crippen molar-refractivity contribution in [3.8, 4) is 0 Å². The van der Waals surface area contributed by atoms with Crippen LogP contribution in [0.25, 0.3) is 0 Å². The largest absolute Gasteiger partial charge is 0.370 e. The van der Waals surface area contributed by atoms with Gasteiger partial charge >= 0.3 is 0 Å². The molecule has 1 heterocycles. The smallest absolute Gasteiger partial charge is 0.0733 e. The minimum Gasteiger partial charge on any atom is -0.370 e. The summed E-state index contributed by atoms with van der Waals surface area (Å²) in [6, 6.07) is 0. The van der Waals surface area contributed by atoms with E-state index in [0.717, 1.165) is 13.1 Å². The highest BCUT2D eigenvalue weighted by Gasteiger charge is 2.22. The van der Waals surface area contributed by atoms with E-state index in [0.29, 0.717) is 12.0 Å². The molecule has 1 saturated heterocycles. The van der Waals surface area contributed by atoms with E-state index in [1.165, 1.54) is 6.42 Å². The summed E-state index contributed by atoms with van der Waals surface area (Å²) in [6.45, 7) is 10.1. The van der Waals surface area contributed by atoms with Gasteiger partial charge in [0.1, 0.15) is 0 Å². The number of hydrogen-bond acceptors (Lipinski definition) is 2. The van der Waals surface area contributed by atoms with Gasteiger partial charge in [0.05, 0.1) is 12.2 Å². The van der Waals surface area contributed by atoms with E-state index in [1.54, 1.807) is 0 Å². The zero-order chi connectivity index (χ0) is 8.97. The minimum absolute atomic E-state index is 0.178. The number of hydrogen-bond donors (Lipinski definition) is 1. The van der Waals surface area contributed by atoms with Crippen LogP contribution in [-0.2, 0) is 4.74 Å². The van der Waals surface area contributed by atoms with Crippen molar-refractivity contribution >= 4 is 0 Å². The topological polar surface area (TPSA) is 21.3 Å². The second-order valence-electron chi connectivity index (χ2n) is 3.59. The van der Waals surface area contributed by atoms with Crippen molar-refractivity contribution in [3.63, 3.8) is 0 Å². The van der Waals surface area contributed by atoms with E-state index in [2.05, 4.69) is 18.8 Å². The van der Waals surface area contributed by atoms with Crippen LogP contribution in [0.4, 0.5) is 0 Å². The van der Waals surface area contributed by atoms with Crippen molar-refractivity contribution < 1.29 is 4.74 Å². The van der Waals surface area contributed by atoms with Gasteiger partial charge < -0.3 is 10.1 Å². The first-order valence-corrected chi connectivity index (χ1v) is 4.72. The van der Waals surface area contributed by atoms with Crippen LogP contribution >= 0.6 is 0 Å². The Bertz CT molecular complexity index is 147. The highest BCUT2D eigenvalue weighted by Crippen LogP contribution is 2.16. The maximum absolute atomic E-state index is 5.77. The number of rotatable bonds is 3. The van der Waals surface area contributed by atoms with Crippen LogP contribution in [0.15, 0.2) is 12.7 Å². The Hall–Kier alpha value is -0.340. The molecule has 70 valence electrons. The highest BCUT2D eigenvalue weighted by atomic mass is 16.5. The second kappa shape index (κ2) is 4.63. The maximum atomic E-state index is 5.77. The molecule has 0 aromatic heterocycles. The molecule has 3 unspecified atom stereocenters. The maximum Gasteiger partial charge on any atom is 0.0733 e. The van der Waals surface area contributed by atoms with E-state index in [9.17, 15) is 0 Å². The van der Waals surface area contributed by atoms with E-state index in [4.69, 9.17) is 4.74 Å². The SMILES string of the molecule is C=CC(C)OC1CNCCC1C. The van der Waals surface area contributed by atoms with Gasteiger partial charge in [-0.2, -0.15) is 0 Å². The Morgan fingerprint density at radius 3 is 3.00 bits per heavy atom. The van der Waals surface area contributed by atoms with Crippen molar-refractivity contribution in [2.75, 3.05) is 13.1 Å². The van der Waals surface area contributed by atoms with Gasteiger partial charge in [-0.1, -0.05) is 13.0 Å². The Kier molecular flexibility index (Phi) is 3.76. The number of nitrogens with one attached hydrogen (secondary N) is 1. The average Bonchev–Trinajstić information content (AvgIpc) is 2.09. The fraction of sp³-hybridized carbons (Fsp3) is 0.800. The van der Waals surface area contributed by atoms with Crippen LogP contribution < -0.4 is 5.32 Å². The van der Waals surface area contributed by atoms with Gasteiger partial charge in [0.25, 0.3) is 0 Å². The van der Waals surface area contributed by atoms with Crippen molar-refractivity contribution in [1.82, 2.24) is 5.32 Å². The Labute approximate surface area is 75.0 Å². The molecular weight excluding hydrogens is 150 g/mol. The zero-order valence-corrected chi connectivity index (χ0v) is 8.05. The number of ether oxygens (including phenoxy) is 1. The molecule has 1 N–H and O–H groups in total. The minimum atomic E-state index is 0.178. The van der Waals surface area contributed by atoms with Gasteiger partial charge in [-0.15, -0.1) is 6.58 Å². The van der Waals surface area contributed by atoms with Crippen molar-refractivity contribution in [1.29, 1.82) is 0 Å². The molecule has 0 aromatic carbocycles. The van der Waals surface area contributed by atoms with Gasteiger partial charge in [-0.05, 0) is 25.8 Å². The summed E-state index contributed by atoms with van der Waals surface area (Å²) in [5.74, 6) is 0.675. The summed E-state index contributed by atoms with van der Waals surface area (Å²) in [5, 5.41) is 3.34. The van der Waals surface area contributed by atoms with Gasteiger partial charge in [0.15, 0.2) is 0 Å². The average molecular weight is 169 g/mol. The Morgan fingerprint density at radius 2 is 2.42 bits per heavy atom. The molecule has 0 saturated carbocycles. The molecule has 0 amide bonds. The molecule has 1 aliphatic rings. The molecule has 1 fully saturated rings. The molecule has 2 nitrogen and oxygen atoms in total. The van der Waals surface area contributed by atoms with Gasteiger partial charge in [0.2, 0.25) is 0 Å². The highest BCUT2D eigenvalue weighted by molar-refractivity contribution is 4.81. The normalized spacial score (nSPS) is 32.8. The molecule has 0 aromatic rings. The van der Waals surface area contributed by atoms with Crippen LogP contribution in [0, 0.1) is 5.92 Å². The summed E-state index contributed by atoms with van der Waals surface area (Å²) in [6.07, 6.45) is 3.61. The Morgan fingerprint density at radius 1 is 1.67 bits per heavy atom. The van der Waals surface area contributed by atoms with E-state index in [1.807, 2.05) is 13.0 Å². The zero-order valence-electron chi connectivity index (χ0n) is 8.05. The molecule has 2 heteroatoms. The fourth-order valence-corrected chi connectivity index (χ4v) is 1.47.